The number of ketones is 1. The summed E-state index contributed by atoms with van der Waals surface area (Å²) in [6.07, 6.45) is 4.42. The zero-order valence-corrected chi connectivity index (χ0v) is 31.2. The summed E-state index contributed by atoms with van der Waals surface area (Å²) in [7, 11) is 0. The number of amides is 4. The van der Waals surface area contributed by atoms with Crippen molar-refractivity contribution in [3.63, 3.8) is 0 Å². The van der Waals surface area contributed by atoms with Crippen molar-refractivity contribution in [2.24, 2.45) is 11.8 Å². The summed E-state index contributed by atoms with van der Waals surface area (Å²) in [5.41, 5.74) is 0.0982. The molecule has 3 aromatic rings. The highest BCUT2D eigenvalue weighted by Gasteiger charge is 2.40. The molecule has 4 amide bonds. The van der Waals surface area contributed by atoms with E-state index in [1.54, 1.807) is 32.0 Å². The minimum atomic E-state index is -1.00. The number of nitrogens with one attached hydrogen (secondary N) is 3. The van der Waals surface area contributed by atoms with Gasteiger partial charge < -0.3 is 30.4 Å². The zero-order valence-electron chi connectivity index (χ0n) is 30.4. The zero-order chi connectivity index (χ0) is 38.2. The molecular formula is C37H48ClN7O7. The third-order valence-corrected chi connectivity index (χ3v) is 9.16. The third-order valence-electron chi connectivity index (χ3n) is 8.93. The molecule has 4 N–H and O–H groups in total. The van der Waals surface area contributed by atoms with Gasteiger partial charge in [-0.2, -0.15) is 0 Å². The Labute approximate surface area is 308 Å². The van der Waals surface area contributed by atoms with E-state index < -0.39 is 35.4 Å². The van der Waals surface area contributed by atoms with Crippen molar-refractivity contribution in [1.29, 1.82) is 0 Å². The molecule has 1 aromatic carbocycles. The fraction of sp³-hybridized carbons (Fsp3) is 0.514. The van der Waals surface area contributed by atoms with Crippen LogP contribution in [0.2, 0.25) is 5.02 Å². The number of phenolic OH excluding ortho intramolecular Hbond substituents is 1. The molecule has 2 aromatic heterocycles. The van der Waals surface area contributed by atoms with Crippen LogP contribution in [0.4, 0.5) is 0 Å². The summed E-state index contributed by atoms with van der Waals surface area (Å²) in [6, 6.07) is 6.57. The Morgan fingerprint density at radius 1 is 1.00 bits per heavy atom. The summed E-state index contributed by atoms with van der Waals surface area (Å²) in [5, 5.41) is 26.6. The summed E-state index contributed by atoms with van der Waals surface area (Å²) in [5.74, 6) is -2.89. The molecule has 3 atom stereocenters. The van der Waals surface area contributed by atoms with E-state index in [0.29, 0.717) is 49.2 Å². The summed E-state index contributed by atoms with van der Waals surface area (Å²) >= 11 is 5.98. The first kappa shape index (κ1) is 39.9. The van der Waals surface area contributed by atoms with Crippen LogP contribution in [0, 0.1) is 11.8 Å². The van der Waals surface area contributed by atoms with E-state index in [1.807, 2.05) is 27.7 Å². The lowest BCUT2D eigenvalue weighted by Gasteiger charge is -2.31. The first-order chi connectivity index (χ1) is 24.6. The molecule has 1 fully saturated rings. The maximum atomic E-state index is 13.8. The number of halogens is 1. The average molecular weight is 738 g/mol. The first-order valence-electron chi connectivity index (χ1n) is 17.6. The lowest BCUT2D eigenvalue weighted by Crippen LogP contribution is -2.57. The second-order valence-corrected chi connectivity index (χ2v) is 14.9. The number of benzene rings is 1. The molecule has 52 heavy (non-hydrogen) atoms. The van der Waals surface area contributed by atoms with E-state index in [9.17, 15) is 29.1 Å². The molecule has 4 rings (SSSR count). The first-order valence-corrected chi connectivity index (χ1v) is 18.0. The highest BCUT2D eigenvalue weighted by molar-refractivity contribution is 6.30. The van der Waals surface area contributed by atoms with E-state index in [2.05, 4.69) is 31.1 Å². The summed E-state index contributed by atoms with van der Waals surface area (Å²) in [4.78, 5) is 72.1. The van der Waals surface area contributed by atoms with Gasteiger partial charge in [0, 0.05) is 35.3 Å². The summed E-state index contributed by atoms with van der Waals surface area (Å²) in [6.45, 7) is 11.3. The van der Waals surface area contributed by atoms with E-state index in [0.717, 1.165) is 0 Å². The van der Waals surface area contributed by atoms with Gasteiger partial charge in [-0.25, -0.2) is 0 Å². The monoisotopic (exact) mass is 737 g/mol. The Kier molecular flexibility index (Phi) is 13.5. The van der Waals surface area contributed by atoms with Gasteiger partial charge in [-0.3, -0.25) is 29.0 Å². The number of aromatic nitrogens is 3. The minimum absolute atomic E-state index is 0.00158. The van der Waals surface area contributed by atoms with Gasteiger partial charge in [0.15, 0.2) is 0 Å². The highest BCUT2D eigenvalue weighted by atomic mass is 35.5. The SMILES string of the molecule is CC(C)[C@H](NC(=O)[C@H]1CCCN1C(=O)[C@@H](NC(=O)CCCCC(C)(C)NC(=O)c1cc(Cl)ccn1)C(C)C)C(=O)c1nnc(-c2cccc(O)c2)o1. The van der Waals surface area contributed by atoms with Gasteiger partial charge in [-0.1, -0.05) is 51.8 Å². The molecular weight excluding hydrogens is 690 g/mol. The number of unbranched alkanes of at least 4 members (excludes halogenated alkanes) is 1. The second-order valence-electron chi connectivity index (χ2n) is 14.4. The fourth-order valence-corrected chi connectivity index (χ4v) is 6.21. The molecule has 14 nitrogen and oxygen atoms in total. The van der Waals surface area contributed by atoms with Crippen LogP contribution in [0.25, 0.3) is 11.5 Å². The molecule has 0 radical (unpaired) electrons. The Bertz CT molecular complexity index is 1760. The van der Waals surface area contributed by atoms with Crippen LogP contribution >= 0.6 is 11.6 Å². The van der Waals surface area contributed by atoms with Crippen LogP contribution in [0.1, 0.15) is 101 Å². The molecule has 0 bridgehead atoms. The van der Waals surface area contributed by atoms with Crippen molar-refractivity contribution in [1.82, 2.24) is 36.0 Å². The number of aromatic hydroxyl groups is 1. The molecule has 0 spiro atoms. The Balaban J connectivity index is 1.31. The van der Waals surface area contributed by atoms with E-state index in [4.69, 9.17) is 16.0 Å². The van der Waals surface area contributed by atoms with Crippen LogP contribution in [0.3, 0.4) is 0 Å². The molecule has 1 aliphatic rings. The van der Waals surface area contributed by atoms with Crippen molar-refractivity contribution in [2.75, 3.05) is 6.54 Å². The Morgan fingerprint density at radius 3 is 2.40 bits per heavy atom. The van der Waals surface area contributed by atoms with Crippen molar-refractivity contribution in [3.05, 3.63) is 59.2 Å². The van der Waals surface area contributed by atoms with Gasteiger partial charge in [-0.15, -0.1) is 10.2 Å². The van der Waals surface area contributed by atoms with Crippen molar-refractivity contribution in [3.8, 4) is 17.2 Å². The maximum absolute atomic E-state index is 13.8. The van der Waals surface area contributed by atoms with Gasteiger partial charge in [0.25, 0.3) is 11.8 Å². The molecule has 280 valence electrons. The van der Waals surface area contributed by atoms with Crippen molar-refractivity contribution < 1.29 is 33.5 Å². The highest BCUT2D eigenvalue weighted by Crippen LogP contribution is 2.25. The minimum Gasteiger partial charge on any atom is -0.508 e. The second kappa shape index (κ2) is 17.6. The van der Waals surface area contributed by atoms with Crippen LogP contribution in [0.15, 0.2) is 47.0 Å². The number of hydrogen-bond acceptors (Lipinski definition) is 10. The molecule has 3 heterocycles. The number of Topliss-reactive ketones (excluding diaryl/α,β-unsaturated/α-hetero) is 1. The number of hydrogen-bond donors (Lipinski definition) is 4. The Morgan fingerprint density at radius 2 is 1.73 bits per heavy atom. The number of nitrogens with zero attached hydrogens (tertiary/aromatic N) is 4. The molecule has 0 unspecified atom stereocenters. The van der Waals surface area contributed by atoms with Gasteiger partial charge in [0.05, 0.1) is 6.04 Å². The third kappa shape index (κ3) is 10.6. The summed E-state index contributed by atoms with van der Waals surface area (Å²) < 4.78 is 5.60. The number of phenols is 1. The van der Waals surface area contributed by atoms with Crippen molar-refractivity contribution in [2.45, 2.75) is 104 Å². The van der Waals surface area contributed by atoms with Crippen molar-refractivity contribution >= 4 is 41.0 Å². The maximum Gasteiger partial charge on any atom is 0.286 e. The molecule has 1 saturated heterocycles. The van der Waals surface area contributed by atoms with Crippen LogP contribution in [-0.4, -0.2) is 84.8 Å². The quantitative estimate of drug-likeness (QED) is 0.118. The number of carbonyl (C=O) groups is 5. The fourth-order valence-electron chi connectivity index (χ4n) is 6.05. The normalized spacial score (nSPS) is 15.7. The molecule has 1 aliphatic heterocycles. The molecule has 15 heteroatoms. The van der Waals surface area contributed by atoms with E-state index in [-0.39, 0.29) is 59.2 Å². The van der Waals surface area contributed by atoms with Gasteiger partial charge in [0.2, 0.25) is 29.4 Å². The predicted octanol–water partition coefficient (Wildman–Crippen LogP) is 4.71. The van der Waals surface area contributed by atoms with Crippen LogP contribution in [0.5, 0.6) is 5.75 Å². The lowest BCUT2D eigenvalue weighted by atomic mass is 9.96. The average Bonchev–Trinajstić information content (AvgIpc) is 3.78. The van der Waals surface area contributed by atoms with Crippen LogP contribution < -0.4 is 16.0 Å². The smallest absolute Gasteiger partial charge is 0.286 e. The number of likely N-dealkylation sites (tertiary alicyclic amines) is 1. The molecule has 0 saturated carbocycles. The van der Waals surface area contributed by atoms with Gasteiger partial charge in [-0.05, 0) is 81.7 Å². The topological polar surface area (TPSA) is 197 Å². The van der Waals surface area contributed by atoms with E-state index in [1.165, 1.54) is 29.3 Å². The number of carbonyl (C=O) groups excluding carboxylic acids is 5. The van der Waals surface area contributed by atoms with Gasteiger partial charge in [0.1, 0.15) is 23.5 Å². The number of pyridine rings is 1. The Hall–Kier alpha value is -4.85. The standard InChI is InChI=1S/C37H48ClN7O7/c1-21(2)29(31(48)35-44-43-34(52-35)23-11-9-12-25(46)19-23)41-33(50)27-13-10-18-45(27)36(51)30(22(3)4)40-28(47)14-7-8-16-37(5,6)42-32(49)26-20-24(38)15-17-39-26/h9,11-12,15,17,19-22,27,29-30,46H,7-8,10,13-14,16,18H2,1-6H3,(H,40,47)(H,41,50)(H,42,49)/t27-,29+,30+/m1/s1. The molecule has 0 aliphatic carbocycles. The predicted molar refractivity (Wildman–Crippen MR) is 193 cm³/mol. The number of rotatable bonds is 16. The van der Waals surface area contributed by atoms with Gasteiger partial charge >= 0.3 is 0 Å². The van der Waals surface area contributed by atoms with E-state index >= 15 is 0 Å². The van der Waals surface area contributed by atoms with Crippen LogP contribution in [-0.2, 0) is 14.4 Å². The largest absolute Gasteiger partial charge is 0.508 e. The lowest BCUT2D eigenvalue weighted by molar-refractivity contribution is -0.142.